The maximum absolute atomic E-state index is 12.0. The van der Waals surface area contributed by atoms with Gasteiger partial charge in [-0.3, -0.25) is 0 Å². The minimum absolute atomic E-state index is 0.117. The van der Waals surface area contributed by atoms with Crippen LogP contribution in [0.25, 0.3) is 0 Å². The van der Waals surface area contributed by atoms with E-state index in [0.29, 0.717) is 17.3 Å². The Bertz CT molecular complexity index is 578. The molecule has 1 aromatic rings. The molecular weight excluding hydrogens is 262 g/mol. The van der Waals surface area contributed by atoms with E-state index in [1.54, 1.807) is 12.1 Å². The fraction of sp³-hybridized carbons (Fsp3) is 0.538. The average Bonchev–Trinajstić information content (AvgIpc) is 3.15. The van der Waals surface area contributed by atoms with Gasteiger partial charge in [-0.1, -0.05) is 0 Å². The summed E-state index contributed by atoms with van der Waals surface area (Å²) < 4.78 is 26.4. The Morgan fingerprint density at radius 1 is 1.32 bits per heavy atom. The number of hydrogen-bond donors (Lipinski definition) is 3. The number of anilines is 2. The first-order valence-electron chi connectivity index (χ1n) is 6.37. The predicted molar refractivity (Wildman–Crippen MR) is 77.5 cm³/mol. The summed E-state index contributed by atoms with van der Waals surface area (Å²) in [6.45, 7) is 4.19. The molecule has 1 aliphatic carbocycles. The van der Waals surface area contributed by atoms with Crippen LogP contribution in [0.15, 0.2) is 23.1 Å². The number of nitrogen functional groups attached to an aromatic ring is 1. The van der Waals surface area contributed by atoms with Crippen molar-refractivity contribution in [2.24, 2.45) is 5.92 Å². The molecular formula is C13H21N3O2S. The second-order valence-electron chi connectivity index (χ2n) is 5.58. The second kappa shape index (κ2) is 4.68. The van der Waals surface area contributed by atoms with Gasteiger partial charge in [-0.05, 0) is 57.9 Å². The minimum Gasteiger partial charge on any atom is -0.399 e. The standard InChI is InChI=1S/C13H21N3O2S/c1-13(2,9-4-5-9)16-11-7-6-10(14)8-12(11)19(17,18)15-3/h6-9,15-16H,4-5,14H2,1-3H3. The zero-order valence-corrected chi connectivity index (χ0v) is 12.3. The zero-order chi connectivity index (χ0) is 14.3. The zero-order valence-electron chi connectivity index (χ0n) is 11.5. The molecule has 0 amide bonds. The maximum atomic E-state index is 12.0. The first-order valence-corrected chi connectivity index (χ1v) is 7.86. The van der Waals surface area contributed by atoms with Crippen LogP contribution >= 0.6 is 0 Å². The van der Waals surface area contributed by atoms with E-state index >= 15 is 0 Å². The molecule has 4 N–H and O–H groups in total. The van der Waals surface area contributed by atoms with Crippen molar-refractivity contribution in [1.29, 1.82) is 0 Å². The molecule has 0 aliphatic heterocycles. The number of sulfonamides is 1. The Balaban J connectivity index is 2.40. The molecule has 5 nitrogen and oxygen atoms in total. The van der Waals surface area contributed by atoms with Crippen LogP contribution in [-0.4, -0.2) is 21.0 Å². The lowest BCUT2D eigenvalue weighted by Crippen LogP contribution is -2.34. The van der Waals surface area contributed by atoms with Crippen molar-refractivity contribution < 1.29 is 8.42 Å². The molecule has 0 unspecified atom stereocenters. The normalized spacial score (nSPS) is 16.4. The quantitative estimate of drug-likeness (QED) is 0.719. The van der Waals surface area contributed by atoms with Crippen LogP contribution in [0.2, 0.25) is 0 Å². The van der Waals surface area contributed by atoms with Gasteiger partial charge < -0.3 is 11.1 Å². The summed E-state index contributed by atoms with van der Waals surface area (Å²) in [6, 6.07) is 4.92. The van der Waals surface area contributed by atoms with Gasteiger partial charge >= 0.3 is 0 Å². The topological polar surface area (TPSA) is 84.2 Å². The minimum atomic E-state index is -3.52. The Morgan fingerprint density at radius 3 is 2.47 bits per heavy atom. The molecule has 0 radical (unpaired) electrons. The van der Waals surface area contributed by atoms with Crippen LogP contribution in [-0.2, 0) is 10.0 Å². The third-order valence-electron chi connectivity index (χ3n) is 3.62. The van der Waals surface area contributed by atoms with Crippen molar-refractivity contribution >= 4 is 21.4 Å². The molecule has 0 atom stereocenters. The molecule has 1 aromatic carbocycles. The van der Waals surface area contributed by atoms with Gasteiger partial charge in [0, 0.05) is 11.2 Å². The van der Waals surface area contributed by atoms with E-state index < -0.39 is 10.0 Å². The van der Waals surface area contributed by atoms with Gasteiger partial charge in [0.1, 0.15) is 4.90 Å². The molecule has 0 heterocycles. The van der Waals surface area contributed by atoms with E-state index in [1.807, 2.05) is 0 Å². The van der Waals surface area contributed by atoms with Gasteiger partial charge in [0.15, 0.2) is 0 Å². The highest BCUT2D eigenvalue weighted by atomic mass is 32.2. The van der Waals surface area contributed by atoms with E-state index in [2.05, 4.69) is 23.9 Å². The number of benzene rings is 1. The van der Waals surface area contributed by atoms with Gasteiger partial charge in [-0.25, -0.2) is 13.1 Å². The summed E-state index contributed by atoms with van der Waals surface area (Å²) in [5, 5.41) is 3.34. The highest BCUT2D eigenvalue weighted by molar-refractivity contribution is 7.89. The molecule has 19 heavy (non-hydrogen) atoms. The summed E-state index contributed by atoms with van der Waals surface area (Å²) in [7, 11) is -2.12. The van der Waals surface area contributed by atoms with Crippen LogP contribution < -0.4 is 15.8 Å². The number of nitrogens with two attached hydrogens (primary N) is 1. The molecule has 0 saturated heterocycles. The second-order valence-corrected chi connectivity index (χ2v) is 7.44. The summed E-state index contributed by atoms with van der Waals surface area (Å²) in [5.74, 6) is 0.593. The van der Waals surface area contributed by atoms with E-state index in [0.717, 1.165) is 0 Å². The third-order valence-corrected chi connectivity index (χ3v) is 5.07. The molecule has 2 rings (SSSR count). The van der Waals surface area contributed by atoms with Crippen molar-refractivity contribution in [1.82, 2.24) is 4.72 Å². The number of hydrogen-bond acceptors (Lipinski definition) is 4. The highest BCUT2D eigenvalue weighted by Crippen LogP contribution is 2.42. The fourth-order valence-corrected chi connectivity index (χ4v) is 3.15. The van der Waals surface area contributed by atoms with Crippen molar-refractivity contribution in [2.75, 3.05) is 18.1 Å². The monoisotopic (exact) mass is 283 g/mol. The van der Waals surface area contributed by atoms with E-state index in [4.69, 9.17) is 5.73 Å². The van der Waals surface area contributed by atoms with Crippen LogP contribution in [0.3, 0.4) is 0 Å². The van der Waals surface area contributed by atoms with Crippen LogP contribution in [0.1, 0.15) is 26.7 Å². The number of nitrogens with one attached hydrogen (secondary N) is 2. The molecule has 106 valence electrons. The average molecular weight is 283 g/mol. The van der Waals surface area contributed by atoms with Gasteiger partial charge in [0.25, 0.3) is 0 Å². The van der Waals surface area contributed by atoms with Crippen molar-refractivity contribution in [3.63, 3.8) is 0 Å². The molecule has 1 saturated carbocycles. The van der Waals surface area contributed by atoms with Crippen molar-refractivity contribution in [3.8, 4) is 0 Å². The lowest BCUT2D eigenvalue weighted by Gasteiger charge is -2.28. The molecule has 1 aliphatic rings. The Labute approximate surface area is 114 Å². The highest BCUT2D eigenvalue weighted by Gasteiger charge is 2.38. The van der Waals surface area contributed by atoms with Crippen molar-refractivity contribution in [2.45, 2.75) is 37.1 Å². The predicted octanol–water partition coefficient (Wildman–Crippen LogP) is 1.78. The van der Waals surface area contributed by atoms with Gasteiger partial charge in [-0.15, -0.1) is 0 Å². The van der Waals surface area contributed by atoms with Crippen molar-refractivity contribution in [3.05, 3.63) is 18.2 Å². The third kappa shape index (κ3) is 3.01. The molecule has 1 fully saturated rings. The Hall–Kier alpha value is -1.27. The van der Waals surface area contributed by atoms with Gasteiger partial charge in [0.2, 0.25) is 10.0 Å². The van der Waals surface area contributed by atoms with E-state index in [9.17, 15) is 8.42 Å². The summed E-state index contributed by atoms with van der Waals surface area (Å²) >= 11 is 0. The summed E-state index contributed by atoms with van der Waals surface area (Å²) in [6.07, 6.45) is 2.37. The lowest BCUT2D eigenvalue weighted by molar-refractivity contribution is 0.493. The van der Waals surface area contributed by atoms with Crippen LogP contribution in [0.4, 0.5) is 11.4 Å². The molecule has 0 bridgehead atoms. The first-order chi connectivity index (χ1) is 8.76. The first kappa shape index (κ1) is 14.1. The van der Waals surface area contributed by atoms with Gasteiger partial charge in [-0.2, -0.15) is 0 Å². The lowest BCUT2D eigenvalue weighted by atomic mass is 9.98. The Morgan fingerprint density at radius 2 is 1.95 bits per heavy atom. The SMILES string of the molecule is CNS(=O)(=O)c1cc(N)ccc1NC(C)(C)C1CC1. The van der Waals surface area contributed by atoms with Gasteiger partial charge in [0.05, 0.1) is 5.69 Å². The number of rotatable bonds is 5. The van der Waals surface area contributed by atoms with E-state index in [-0.39, 0.29) is 10.4 Å². The molecule has 0 spiro atoms. The molecule has 6 heteroatoms. The summed E-state index contributed by atoms with van der Waals surface area (Å²) in [5.41, 5.74) is 6.61. The fourth-order valence-electron chi connectivity index (χ4n) is 2.23. The van der Waals surface area contributed by atoms with Crippen LogP contribution in [0.5, 0.6) is 0 Å². The smallest absolute Gasteiger partial charge is 0.242 e. The Kier molecular flexibility index (Phi) is 3.49. The van der Waals surface area contributed by atoms with Crippen LogP contribution in [0, 0.1) is 5.92 Å². The summed E-state index contributed by atoms with van der Waals surface area (Å²) in [4.78, 5) is 0.198. The molecule has 0 aromatic heterocycles. The maximum Gasteiger partial charge on any atom is 0.242 e. The largest absolute Gasteiger partial charge is 0.399 e. The van der Waals surface area contributed by atoms with E-state index in [1.165, 1.54) is 26.0 Å².